The molecule has 0 amide bonds. The summed E-state index contributed by atoms with van der Waals surface area (Å²) >= 11 is 0. The highest BCUT2D eigenvalue weighted by Crippen LogP contribution is 2.35. The highest BCUT2D eigenvalue weighted by molar-refractivity contribution is 5.65. The van der Waals surface area contributed by atoms with E-state index in [4.69, 9.17) is 0 Å². The van der Waals surface area contributed by atoms with E-state index in [0.29, 0.717) is 0 Å². The van der Waals surface area contributed by atoms with E-state index in [1.54, 1.807) is 11.1 Å². The summed E-state index contributed by atoms with van der Waals surface area (Å²) in [5, 5.41) is 0. The van der Waals surface area contributed by atoms with Gasteiger partial charge in [-0.3, -0.25) is 0 Å². The first kappa shape index (κ1) is 9.65. The van der Waals surface area contributed by atoms with Gasteiger partial charge < -0.3 is 0 Å². The lowest BCUT2D eigenvalue weighted by molar-refractivity contribution is 0.747. The number of hydrogen-bond donors (Lipinski definition) is 0. The standard InChI is InChI=1S/C16H16/c1-12-7-8-15-11-14(9-10-16(12)15)13-5-3-2-4-6-13/h2-6,9-12H,7-8H2,1H3/t12-/m0/s1. The molecular formula is C16H16. The molecule has 1 aliphatic rings. The van der Waals surface area contributed by atoms with Crippen LogP contribution in [0.25, 0.3) is 11.1 Å². The van der Waals surface area contributed by atoms with Gasteiger partial charge in [0, 0.05) is 0 Å². The third-order valence-electron chi connectivity index (χ3n) is 3.63. The minimum Gasteiger partial charge on any atom is -0.0622 e. The average molecular weight is 208 g/mol. The molecule has 1 atom stereocenters. The molecular weight excluding hydrogens is 192 g/mol. The quantitative estimate of drug-likeness (QED) is 0.651. The number of hydrogen-bond acceptors (Lipinski definition) is 0. The fourth-order valence-electron chi connectivity index (χ4n) is 2.64. The second-order valence-electron chi connectivity index (χ2n) is 4.72. The van der Waals surface area contributed by atoms with Crippen LogP contribution < -0.4 is 0 Å². The Morgan fingerprint density at radius 1 is 0.938 bits per heavy atom. The largest absolute Gasteiger partial charge is 0.0622 e. The number of benzene rings is 2. The van der Waals surface area contributed by atoms with Crippen LogP contribution in [0.3, 0.4) is 0 Å². The molecule has 0 nitrogen and oxygen atoms in total. The van der Waals surface area contributed by atoms with Crippen molar-refractivity contribution >= 4 is 0 Å². The molecule has 16 heavy (non-hydrogen) atoms. The van der Waals surface area contributed by atoms with E-state index in [1.807, 2.05) is 0 Å². The predicted molar refractivity (Wildman–Crippen MR) is 68.6 cm³/mol. The molecule has 0 aliphatic heterocycles. The minimum atomic E-state index is 0.750. The molecule has 0 bridgehead atoms. The Kier molecular flexibility index (Phi) is 2.28. The van der Waals surface area contributed by atoms with Crippen LogP contribution in [0, 0.1) is 0 Å². The summed E-state index contributed by atoms with van der Waals surface area (Å²) in [6, 6.07) is 17.6. The molecule has 0 saturated heterocycles. The van der Waals surface area contributed by atoms with Gasteiger partial charge in [0.15, 0.2) is 0 Å². The molecule has 0 heteroatoms. The Hall–Kier alpha value is -1.56. The molecule has 2 aromatic rings. The smallest absolute Gasteiger partial charge is 0.0181 e. The molecule has 0 fully saturated rings. The molecule has 0 spiro atoms. The summed E-state index contributed by atoms with van der Waals surface area (Å²) in [6.45, 7) is 2.33. The first-order valence-corrected chi connectivity index (χ1v) is 6.03. The summed E-state index contributed by atoms with van der Waals surface area (Å²) in [6.07, 6.45) is 2.56. The van der Waals surface area contributed by atoms with Crippen molar-refractivity contribution in [2.24, 2.45) is 0 Å². The molecule has 0 heterocycles. The molecule has 80 valence electrons. The zero-order chi connectivity index (χ0) is 11.0. The van der Waals surface area contributed by atoms with Crippen molar-refractivity contribution < 1.29 is 0 Å². The van der Waals surface area contributed by atoms with E-state index >= 15 is 0 Å². The van der Waals surface area contributed by atoms with Gasteiger partial charge in [-0.1, -0.05) is 55.5 Å². The first-order valence-electron chi connectivity index (χ1n) is 6.03. The van der Waals surface area contributed by atoms with Crippen LogP contribution in [0.4, 0.5) is 0 Å². The van der Waals surface area contributed by atoms with E-state index in [1.165, 1.54) is 24.0 Å². The number of aryl methyl sites for hydroxylation is 1. The van der Waals surface area contributed by atoms with Crippen LogP contribution in [0.15, 0.2) is 48.5 Å². The van der Waals surface area contributed by atoms with Crippen molar-refractivity contribution in [2.75, 3.05) is 0 Å². The Balaban J connectivity index is 2.06. The monoisotopic (exact) mass is 208 g/mol. The molecule has 0 aromatic heterocycles. The molecule has 0 saturated carbocycles. The average Bonchev–Trinajstić information content (AvgIpc) is 2.72. The van der Waals surface area contributed by atoms with E-state index < -0.39 is 0 Å². The van der Waals surface area contributed by atoms with E-state index in [0.717, 1.165) is 5.92 Å². The van der Waals surface area contributed by atoms with Gasteiger partial charge in [-0.05, 0) is 41.0 Å². The van der Waals surface area contributed by atoms with Crippen LogP contribution >= 0.6 is 0 Å². The van der Waals surface area contributed by atoms with Crippen molar-refractivity contribution in [3.63, 3.8) is 0 Å². The van der Waals surface area contributed by atoms with Gasteiger partial charge in [0.2, 0.25) is 0 Å². The van der Waals surface area contributed by atoms with Gasteiger partial charge in [0.1, 0.15) is 0 Å². The van der Waals surface area contributed by atoms with Gasteiger partial charge in [0.25, 0.3) is 0 Å². The van der Waals surface area contributed by atoms with Crippen LogP contribution in [0.2, 0.25) is 0 Å². The zero-order valence-electron chi connectivity index (χ0n) is 9.61. The second kappa shape index (κ2) is 3.79. The first-order chi connectivity index (χ1) is 7.84. The normalized spacial score (nSPS) is 18.4. The van der Waals surface area contributed by atoms with Crippen molar-refractivity contribution in [1.29, 1.82) is 0 Å². The van der Waals surface area contributed by atoms with Crippen LogP contribution in [0.1, 0.15) is 30.4 Å². The van der Waals surface area contributed by atoms with Crippen LogP contribution in [-0.2, 0) is 6.42 Å². The Morgan fingerprint density at radius 2 is 1.75 bits per heavy atom. The van der Waals surface area contributed by atoms with E-state index in [2.05, 4.69) is 55.5 Å². The van der Waals surface area contributed by atoms with Crippen LogP contribution in [-0.4, -0.2) is 0 Å². The lowest BCUT2D eigenvalue weighted by Crippen LogP contribution is -1.87. The fourth-order valence-corrected chi connectivity index (χ4v) is 2.64. The van der Waals surface area contributed by atoms with Gasteiger partial charge in [0.05, 0.1) is 0 Å². The number of fused-ring (bicyclic) bond motifs is 1. The zero-order valence-corrected chi connectivity index (χ0v) is 9.61. The highest BCUT2D eigenvalue weighted by atomic mass is 14.2. The van der Waals surface area contributed by atoms with Crippen molar-refractivity contribution in [2.45, 2.75) is 25.7 Å². The molecule has 0 N–H and O–H groups in total. The Bertz CT molecular complexity index is 497. The predicted octanol–water partition coefficient (Wildman–Crippen LogP) is 4.40. The number of rotatable bonds is 1. The summed E-state index contributed by atoms with van der Waals surface area (Å²) in [4.78, 5) is 0. The lowest BCUT2D eigenvalue weighted by atomic mass is 9.98. The van der Waals surface area contributed by atoms with Crippen LogP contribution in [0.5, 0.6) is 0 Å². The third kappa shape index (κ3) is 1.55. The summed E-state index contributed by atoms with van der Waals surface area (Å²) in [5.74, 6) is 0.750. The molecule has 0 unspecified atom stereocenters. The van der Waals surface area contributed by atoms with Crippen molar-refractivity contribution in [3.05, 3.63) is 59.7 Å². The Morgan fingerprint density at radius 3 is 2.56 bits per heavy atom. The summed E-state index contributed by atoms with van der Waals surface area (Å²) < 4.78 is 0. The topological polar surface area (TPSA) is 0 Å². The maximum absolute atomic E-state index is 2.37. The SMILES string of the molecule is C[C@H]1CCc2cc(-c3ccccc3)ccc21. The lowest BCUT2D eigenvalue weighted by Gasteiger charge is -2.07. The maximum Gasteiger partial charge on any atom is -0.0181 e. The van der Waals surface area contributed by atoms with Crippen molar-refractivity contribution in [3.8, 4) is 11.1 Å². The maximum atomic E-state index is 2.37. The summed E-state index contributed by atoms with van der Waals surface area (Å²) in [5.41, 5.74) is 5.78. The van der Waals surface area contributed by atoms with E-state index in [9.17, 15) is 0 Å². The van der Waals surface area contributed by atoms with Crippen molar-refractivity contribution in [1.82, 2.24) is 0 Å². The molecule has 0 radical (unpaired) electrons. The molecule has 2 aromatic carbocycles. The molecule has 1 aliphatic carbocycles. The van der Waals surface area contributed by atoms with Gasteiger partial charge in [-0.2, -0.15) is 0 Å². The highest BCUT2D eigenvalue weighted by Gasteiger charge is 2.18. The van der Waals surface area contributed by atoms with Gasteiger partial charge >= 0.3 is 0 Å². The summed E-state index contributed by atoms with van der Waals surface area (Å²) in [7, 11) is 0. The Labute approximate surface area is 96.9 Å². The van der Waals surface area contributed by atoms with Gasteiger partial charge in [-0.25, -0.2) is 0 Å². The third-order valence-corrected chi connectivity index (χ3v) is 3.63. The fraction of sp³-hybridized carbons (Fsp3) is 0.250. The van der Waals surface area contributed by atoms with Gasteiger partial charge in [-0.15, -0.1) is 0 Å². The second-order valence-corrected chi connectivity index (χ2v) is 4.72. The molecule has 3 rings (SSSR count). The van der Waals surface area contributed by atoms with E-state index in [-0.39, 0.29) is 0 Å². The minimum absolute atomic E-state index is 0.750.